The number of aliphatic hydroxyl groups is 2. The molecule has 2 aromatic heterocycles. The van der Waals surface area contributed by atoms with E-state index in [0.29, 0.717) is 23.4 Å². The minimum atomic E-state index is -1.14. The van der Waals surface area contributed by atoms with Crippen LogP contribution in [0.3, 0.4) is 0 Å². The molecule has 1 saturated heterocycles. The lowest BCUT2D eigenvalue weighted by molar-refractivity contribution is -0.0860. The highest BCUT2D eigenvalue weighted by Gasteiger charge is 2.45. The number of rotatable bonds is 2. The molecule has 8 heteroatoms. The van der Waals surface area contributed by atoms with Crippen LogP contribution in [-0.2, 0) is 4.74 Å². The van der Waals surface area contributed by atoms with Crippen LogP contribution >= 0.6 is 0 Å². The molecule has 4 rings (SSSR count). The van der Waals surface area contributed by atoms with Crippen LogP contribution in [0, 0.1) is 0 Å². The normalized spacial score (nSPS) is 29.0. The second kappa shape index (κ2) is 4.85. The molecule has 0 amide bonds. The van der Waals surface area contributed by atoms with E-state index in [1.807, 2.05) is 0 Å². The fourth-order valence-corrected chi connectivity index (χ4v) is 3.25. The first kappa shape index (κ1) is 14.3. The molecule has 0 radical (unpaired) electrons. The van der Waals surface area contributed by atoms with Crippen molar-refractivity contribution in [3.05, 3.63) is 28.7 Å². The summed E-state index contributed by atoms with van der Waals surface area (Å²) in [5, 5.41) is 24.3. The van der Waals surface area contributed by atoms with Gasteiger partial charge in [-0.05, 0) is 13.0 Å². The van der Waals surface area contributed by atoms with Crippen LogP contribution < -0.4 is 10.9 Å². The number of nitrogens with zero attached hydrogens (tertiary/aromatic N) is 3. The zero-order chi connectivity index (χ0) is 16.2. The highest BCUT2D eigenvalue weighted by atomic mass is 16.5. The molecule has 0 aliphatic carbocycles. The fourth-order valence-electron chi connectivity index (χ4n) is 3.25. The van der Waals surface area contributed by atoms with Gasteiger partial charge in [0.15, 0.2) is 6.23 Å². The largest absolute Gasteiger partial charge is 0.394 e. The van der Waals surface area contributed by atoms with E-state index in [9.17, 15) is 15.0 Å². The molecule has 1 fully saturated rings. The molecule has 120 valence electrons. The highest BCUT2D eigenvalue weighted by molar-refractivity contribution is 6.06. The SMILES string of the molecule is C[C@@]1(O)C[C@@H](CO)OC1n1cc2ccc(=O)nc3c2c1N=CN3. The monoisotopic (exact) mass is 316 g/mol. The number of aliphatic hydroxyl groups excluding tert-OH is 1. The number of hydrogen-bond acceptors (Lipinski definition) is 7. The topological polar surface area (TPSA) is 109 Å². The van der Waals surface area contributed by atoms with Crippen molar-refractivity contribution in [2.24, 2.45) is 4.99 Å². The van der Waals surface area contributed by atoms with Crippen LogP contribution in [0.15, 0.2) is 28.1 Å². The Morgan fingerprint density at radius 1 is 1.52 bits per heavy atom. The molecule has 2 aliphatic rings. The molecule has 0 saturated carbocycles. The third-order valence-electron chi connectivity index (χ3n) is 4.24. The summed E-state index contributed by atoms with van der Waals surface area (Å²) in [6, 6.07) is 3.06. The second-order valence-electron chi connectivity index (χ2n) is 6.08. The van der Waals surface area contributed by atoms with Gasteiger partial charge in [0.1, 0.15) is 17.2 Å². The van der Waals surface area contributed by atoms with Crippen molar-refractivity contribution in [1.29, 1.82) is 0 Å². The lowest BCUT2D eigenvalue weighted by atomic mass is 10.0. The summed E-state index contributed by atoms with van der Waals surface area (Å²) in [5.41, 5.74) is -1.49. The maximum atomic E-state index is 11.6. The number of aromatic nitrogens is 2. The zero-order valence-electron chi connectivity index (χ0n) is 12.4. The Morgan fingerprint density at radius 2 is 2.35 bits per heavy atom. The van der Waals surface area contributed by atoms with E-state index in [2.05, 4.69) is 15.3 Å². The van der Waals surface area contributed by atoms with Gasteiger partial charge in [0.25, 0.3) is 5.56 Å². The van der Waals surface area contributed by atoms with Crippen molar-refractivity contribution >= 4 is 28.7 Å². The second-order valence-corrected chi connectivity index (χ2v) is 6.08. The quantitative estimate of drug-likeness (QED) is 0.745. The number of hydrogen-bond donors (Lipinski definition) is 3. The summed E-state index contributed by atoms with van der Waals surface area (Å²) >= 11 is 0. The Bertz CT molecular complexity index is 874. The van der Waals surface area contributed by atoms with Crippen molar-refractivity contribution in [1.82, 2.24) is 9.55 Å². The molecule has 3 N–H and O–H groups in total. The first-order valence-corrected chi connectivity index (χ1v) is 7.33. The molecule has 4 heterocycles. The molecule has 3 atom stereocenters. The minimum Gasteiger partial charge on any atom is -0.394 e. The van der Waals surface area contributed by atoms with E-state index in [4.69, 9.17) is 4.74 Å². The Balaban J connectivity index is 1.94. The average molecular weight is 316 g/mol. The molecule has 0 aromatic carbocycles. The Hall–Kier alpha value is -2.29. The van der Waals surface area contributed by atoms with Gasteiger partial charge in [-0.3, -0.25) is 4.79 Å². The van der Waals surface area contributed by atoms with Gasteiger partial charge in [-0.15, -0.1) is 0 Å². The molecular formula is C15H16N4O4. The minimum absolute atomic E-state index is 0.158. The standard InChI is InChI=1S/C15H16N4O4/c1-15(22)4-9(6-20)23-14(15)19-5-8-2-3-10(21)18-12-11(8)13(19)17-7-16-12/h2-3,5,7,9,14,20,22H,4,6H2,1H3,(H,16,17,18,21)/t9-,14?,15+/m0/s1. The van der Waals surface area contributed by atoms with E-state index in [1.165, 1.54) is 12.4 Å². The summed E-state index contributed by atoms with van der Waals surface area (Å²) < 4.78 is 7.51. The van der Waals surface area contributed by atoms with E-state index >= 15 is 0 Å². The molecule has 2 aliphatic heterocycles. The van der Waals surface area contributed by atoms with Crippen LogP contribution in [0.25, 0.3) is 10.8 Å². The summed E-state index contributed by atoms with van der Waals surface area (Å²) in [6.45, 7) is 1.51. The van der Waals surface area contributed by atoms with Crippen LogP contribution in [-0.4, -0.2) is 44.4 Å². The van der Waals surface area contributed by atoms with Crippen molar-refractivity contribution in [2.45, 2.75) is 31.3 Å². The molecule has 2 aromatic rings. The first-order valence-electron chi connectivity index (χ1n) is 7.33. The van der Waals surface area contributed by atoms with E-state index in [-0.39, 0.29) is 12.2 Å². The van der Waals surface area contributed by atoms with Crippen molar-refractivity contribution in [3.8, 4) is 0 Å². The van der Waals surface area contributed by atoms with Crippen LogP contribution in [0.2, 0.25) is 0 Å². The van der Waals surface area contributed by atoms with Crippen LogP contribution in [0.1, 0.15) is 19.6 Å². The van der Waals surface area contributed by atoms with Crippen molar-refractivity contribution in [2.75, 3.05) is 11.9 Å². The number of nitrogens with one attached hydrogen (secondary N) is 1. The molecule has 23 heavy (non-hydrogen) atoms. The summed E-state index contributed by atoms with van der Waals surface area (Å²) in [6.07, 6.45) is 2.45. The molecule has 8 nitrogen and oxygen atoms in total. The third-order valence-corrected chi connectivity index (χ3v) is 4.24. The zero-order valence-corrected chi connectivity index (χ0v) is 12.4. The van der Waals surface area contributed by atoms with Crippen molar-refractivity contribution in [3.63, 3.8) is 0 Å². The predicted molar refractivity (Wildman–Crippen MR) is 84.0 cm³/mol. The lowest BCUT2D eigenvalue weighted by Crippen LogP contribution is -2.31. The number of aliphatic imine (C=N–C) groups is 1. The Morgan fingerprint density at radius 3 is 3.09 bits per heavy atom. The van der Waals surface area contributed by atoms with E-state index < -0.39 is 17.9 Å². The summed E-state index contributed by atoms with van der Waals surface area (Å²) in [7, 11) is 0. The number of ether oxygens (including phenoxy) is 1. The van der Waals surface area contributed by atoms with Gasteiger partial charge in [0.05, 0.1) is 24.4 Å². The summed E-state index contributed by atoms with van der Waals surface area (Å²) in [4.78, 5) is 19.9. The van der Waals surface area contributed by atoms with E-state index in [0.717, 1.165) is 5.39 Å². The van der Waals surface area contributed by atoms with Gasteiger partial charge < -0.3 is 24.8 Å². The highest BCUT2D eigenvalue weighted by Crippen LogP contribution is 2.44. The van der Waals surface area contributed by atoms with Gasteiger partial charge >= 0.3 is 0 Å². The van der Waals surface area contributed by atoms with E-state index in [1.54, 1.807) is 23.8 Å². The lowest BCUT2D eigenvalue weighted by Gasteiger charge is -2.26. The molecule has 0 spiro atoms. The van der Waals surface area contributed by atoms with Crippen molar-refractivity contribution < 1.29 is 14.9 Å². The van der Waals surface area contributed by atoms with Crippen LogP contribution in [0.4, 0.5) is 11.6 Å². The first-order chi connectivity index (χ1) is 11.0. The predicted octanol–water partition coefficient (Wildman–Crippen LogP) is 0.513. The maximum absolute atomic E-state index is 11.6. The Kier molecular flexibility index (Phi) is 3.02. The Labute approximate surface area is 131 Å². The third kappa shape index (κ3) is 2.14. The number of anilines is 1. The van der Waals surface area contributed by atoms with Gasteiger partial charge in [0.2, 0.25) is 0 Å². The van der Waals surface area contributed by atoms with Gasteiger partial charge in [-0.1, -0.05) is 0 Å². The molecule has 1 unspecified atom stereocenters. The smallest absolute Gasteiger partial charge is 0.271 e. The molecular weight excluding hydrogens is 300 g/mol. The maximum Gasteiger partial charge on any atom is 0.271 e. The van der Waals surface area contributed by atoms with Gasteiger partial charge in [0, 0.05) is 24.1 Å². The molecule has 0 bridgehead atoms. The average Bonchev–Trinajstić information content (AvgIpc) is 2.96. The van der Waals surface area contributed by atoms with Gasteiger partial charge in [-0.2, -0.15) is 4.98 Å². The fraction of sp³-hybridized carbons (Fsp3) is 0.400. The van der Waals surface area contributed by atoms with Crippen LogP contribution in [0.5, 0.6) is 0 Å². The van der Waals surface area contributed by atoms with Gasteiger partial charge in [-0.25, -0.2) is 4.99 Å². The summed E-state index contributed by atoms with van der Waals surface area (Å²) in [5.74, 6) is 0.982.